The van der Waals surface area contributed by atoms with E-state index in [1.807, 2.05) is 0 Å². The smallest absolute Gasteiger partial charge is 0.144 e. The Balaban J connectivity index is 2.87. The minimum Gasteiger partial charge on any atom is -0.397 e. The second-order valence-electron chi connectivity index (χ2n) is 2.12. The van der Waals surface area contributed by atoms with E-state index in [1.165, 1.54) is 12.4 Å². The van der Waals surface area contributed by atoms with Crippen molar-refractivity contribution in [3.05, 3.63) is 24.0 Å². The zero-order chi connectivity index (χ0) is 8.27. The van der Waals surface area contributed by atoms with E-state index in [0.717, 1.165) is 0 Å². The molecule has 0 radical (unpaired) electrons. The third-order valence-electron chi connectivity index (χ3n) is 1.13. The highest BCUT2D eigenvalue weighted by Gasteiger charge is 1.94. The molecule has 0 bridgehead atoms. The molecule has 0 atom stereocenters. The second kappa shape index (κ2) is 3.34. The summed E-state index contributed by atoms with van der Waals surface area (Å²) in [6, 6.07) is 1.60. The van der Waals surface area contributed by atoms with Gasteiger partial charge in [0.25, 0.3) is 0 Å². The number of hydrogen-bond donors (Lipinski definition) is 2. The summed E-state index contributed by atoms with van der Waals surface area (Å²) < 4.78 is 20.5. The Morgan fingerprint density at radius 1 is 1.45 bits per heavy atom. The Kier molecular flexibility index (Phi) is 2.43. The van der Waals surface area contributed by atoms with Crippen molar-refractivity contribution in [2.75, 3.05) is 5.73 Å². The zero-order valence-corrected chi connectivity index (χ0v) is 6.62. The lowest BCUT2D eigenvalue weighted by Gasteiger charge is -1.94. The molecule has 4 nitrogen and oxygen atoms in total. The first kappa shape index (κ1) is 8.00. The summed E-state index contributed by atoms with van der Waals surface area (Å²) in [5, 5.41) is 0. The van der Waals surface area contributed by atoms with Crippen LogP contribution in [0.15, 0.2) is 18.5 Å². The lowest BCUT2D eigenvalue weighted by atomic mass is 10.3. The normalized spacial score (nSPS) is 10.3. The molecule has 0 aliphatic heterocycles. The standard InChI is InChI=1S/C6H8N2O2S/c7-6-1-5(2-8-3-6)4-11(9)10/h1-3,11H,4,7H2. The van der Waals surface area contributed by atoms with Crippen LogP contribution in [0.25, 0.3) is 0 Å². The van der Waals surface area contributed by atoms with E-state index in [2.05, 4.69) is 4.98 Å². The van der Waals surface area contributed by atoms with Crippen LogP contribution in [-0.4, -0.2) is 13.4 Å². The van der Waals surface area contributed by atoms with Gasteiger partial charge in [-0.25, -0.2) is 8.42 Å². The molecule has 2 N–H and O–H groups in total. The Morgan fingerprint density at radius 3 is 2.73 bits per heavy atom. The number of hydrogen-bond acceptors (Lipinski definition) is 4. The largest absolute Gasteiger partial charge is 0.397 e. The first-order chi connectivity index (χ1) is 5.18. The molecule has 0 aliphatic carbocycles. The molecule has 1 aromatic heterocycles. The molecular formula is C6H8N2O2S. The molecule has 0 saturated heterocycles. The maximum Gasteiger partial charge on any atom is 0.144 e. The van der Waals surface area contributed by atoms with E-state index in [0.29, 0.717) is 11.3 Å². The topological polar surface area (TPSA) is 73.0 Å². The number of nitrogen functional groups attached to an aromatic ring is 1. The van der Waals surface area contributed by atoms with Crippen LogP contribution < -0.4 is 5.73 Å². The molecule has 5 heteroatoms. The van der Waals surface area contributed by atoms with E-state index >= 15 is 0 Å². The maximum absolute atomic E-state index is 10.2. The molecule has 0 unspecified atom stereocenters. The van der Waals surface area contributed by atoms with Crippen molar-refractivity contribution in [3.63, 3.8) is 0 Å². The fraction of sp³-hybridized carbons (Fsp3) is 0.167. The molecule has 0 spiro atoms. The lowest BCUT2D eigenvalue weighted by molar-refractivity contribution is 0.614. The molecule has 0 aliphatic rings. The van der Waals surface area contributed by atoms with E-state index < -0.39 is 10.7 Å². The summed E-state index contributed by atoms with van der Waals surface area (Å²) in [5.74, 6) is 0.00731. The molecular weight excluding hydrogens is 164 g/mol. The first-order valence-corrected chi connectivity index (χ1v) is 4.36. The predicted molar refractivity (Wildman–Crippen MR) is 42.7 cm³/mol. The zero-order valence-electron chi connectivity index (χ0n) is 5.73. The van der Waals surface area contributed by atoms with Crippen LogP contribution in [0.1, 0.15) is 5.56 Å². The molecule has 1 rings (SSSR count). The molecule has 1 heterocycles. The molecule has 0 aromatic carbocycles. The average Bonchev–Trinajstić information content (AvgIpc) is 1.85. The number of rotatable bonds is 2. The van der Waals surface area contributed by atoms with Crippen molar-refractivity contribution in [2.24, 2.45) is 0 Å². The van der Waals surface area contributed by atoms with Crippen LogP contribution in [0, 0.1) is 0 Å². The van der Waals surface area contributed by atoms with E-state index in [1.54, 1.807) is 6.07 Å². The van der Waals surface area contributed by atoms with Crippen molar-refractivity contribution < 1.29 is 8.42 Å². The van der Waals surface area contributed by atoms with Crippen LogP contribution in [0.3, 0.4) is 0 Å². The SMILES string of the molecule is Nc1cncc(C[SH](=O)=O)c1. The quantitative estimate of drug-likeness (QED) is 0.605. The highest BCUT2D eigenvalue weighted by atomic mass is 32.2. The molecule has 60 valence electrons. The van der Waals surface area contributed by atoms with E-state index in [9.17, 15) is 8.42 Å². The van der Waals surface area contributed by atoms with Crippen LogP contribution in [0.2, 0.25) is 0 Å². The summed E-state index contributed by atoms with van der Waals surface area (Å²) in [5.41, 5.74) is 6.49. The number of aromatic nitrogens is 1. The Morgan fingerprint density at radius 2 is 2.18 bits per heavy atom. The molecule has 0 amide bonds. The number of pyridine rings is 1. The minimum absolute atomic E-state index is 0.00731. The molecule has 0 fully saturated rings. The minimum atomic E-state index is -2.38. The van der Waals surface area contributed by atoms with Crippen molar-refractivity contribution in [1.82, 2.24) is 4.98 Å². The van der Waals surface area contributed by atoms with Gasteiger partial charge in [0.2, 0.25) is 0 Å². The van der Waals surface area contributed by atoms with Crippen molar-refractivity contribution >= 4 is 16.4 Å². The highest BCUT2D eigenvalue weighted by molar-refractivity contribution is 7.71. The van der Waals surface area contributed by atoms with Gasteiger partial charge in [0.15, 0.2) is 0 Å². The fourth-order valence-electron chi connectivity index (χ4n) is 0.743. The number of anilines is 1. The van der Waals surface area contributed by atoms with Gasteiger partial charge in [-0.05, 0) is 11.6 Å². The third-order valence-corrected chi connectivity index (χ3v) is 1.75. The maximum atomic E-state index is 10.2. The van der Waals surface area contributed by atoms with Gasteiger partial charge in [-0.3, -0.25) is 4.98 Å². The fourth-order valence-corrected chi connectivity index (χ4v) is 1.21. The Labute approximate surface area is 66.0 Å². The van der Waals surface area contributed by atoms with Gasteiger partial charge >= 0.3 is 0 Å². The van der Waals surface area contributed by atoms with Crippen LogP contribution in [0.4, 0.5) is 5.69 Å². The molecule has 0 saturated carbocycles. The summed E-state index contributed by atoms with van der Waals surface area (Å²) in [6.07, 6.45) is 2.96. The molecule has 11 heavy (non-hydrogen) atoms. The van der Waals surface area contributed by atoms with Gasteiger partial charge in [-0.2, -0.15) is 0 Å². The van der Waals surface area contributed by atoms with E-state index in [-0.39, 0.29) is 5.75 Å². The van der Waals surface area contributed by atoms with Crippen molar-refractivity contribution in [3.8, 4) is 0 Å². The van der Waals surface area contributed by atoms with E-state index in [4.69, 9.17) is 5.73 Å². The first-order valence-electron chi connectivity index (χ1n) is 2.99. The number of nitrogens with zero attached hydrogens (tertiary/aromatic N) is 1. The van der Waals surface area contributed by atoms with Gasteiger partial charge < -0.3 is 5.73 Å². The number of thiol groups is 1. The monoisotopic (exact) mass is 172 g/mol. The third kappa shape index (κ3) is 2.55. The summed E-state index contributed by atoms with van der Waals surface area (Å²) in [7, 11) is -2.38. The summed E-state index contributed by atoms with van der Waals surface area (Å²) >= 11 is 0. The van der Waals surface area contributed by atoms with Crippen molar-refractivity contribution in [1.29, 1.82) is 0 Å². The Hall–Kier alpha value is -1.10. The summed E-state index contributed by atoms with van der Waals surface area (Å²) in [6.45, 7) is 0. The number of nitrogens with two attached hydrogens (primary N) is 1. The van der Waals surface area contributed by atoms with Crippen LogP contribution >= 0.6 is 0 Å². The average molecular weight is 172 g/mol. The van der Waals surface area contributed by atoms with Gasteiger partial charge in [-0.15, -0.1) is 0 Å². The van der Waals surface area contributed by atoms with Crippen LogP contribution in [0.5, 0.6) is 0 Å². The van der Waals surface area contributed by atoms with Gasteiger partial charge in [0.05, 0.1) is 11.4 Å². The summed E-state index contributed by atoms with van der Waals surface area (Å²) in [4.78, 5) is 3.74. The highest BCUT2D eigenvalue weighted by Crippen LogP contribution is 2.03. The predicted octanol–water partition coefficient (Wildman–Crippen LogP) is -0.225. The van der Waals surface area contributed by atoms with Crippen molar-refractivity contribution in [2.45, 2.75) is 5.75 Å². The Bertz CT molecular complexity index is 314. The van der Waals surface area contributed by atoms with Gasteiger partial charge in [0.1, 0.15) is 10.7 Å². The lowest BCUT2D eigenvalue weighted by Crippen LogP contribution is -1.91. The second-order valence-corrected chi connectivity index (χ2v) is 3.10. The molecule has 1 aromatic rings. The van der Waals surface area contributed by atoms with Crippen LogP contribution in [-0.2, 0) is 16.5 Å². The van der Waals surface area contributed by atoms with Gasteiger partial charge in [0, 0.05) is 12.4 Å². The van der Waals surface area contributed by atoms with Gasteiger partial charge in [-0.1, -0.05) is 0 Å².